The zero-order chi connectivity index (χ0) is 25.6. The number of hydrogen-bond donors (Lipinski definition) is 0. The number of thiazole rings is 1. The van der Waals surface area contributed by atoms with Gasteiger partial charge in [0.15, 0.2) is 0 Å². The Balaban J connectivity index is 1.10. The monoisotopic (exact) mass is 576 g/mol. The number of aliphatic imine (C=N–C) groups is 1. The molecule has 0 fully saturated rings. The van der Waals surface area contributed by atoms with E-state index in [4.69, 9.17) is 9.98 Å². The molecule has 0 spiro atoms. The summed E-state index contributed by atoms with van der Waals surface area (Å²) >= 11 is 5.32. The highest BCUT2D eigenvalue weighted by atomic mass is 79.9. The molecule has 186 valence electrons. The molecule has 1 aromatic heterocycles. The van der Waals surface area contributed by atoms with Crippen molar-refractivity contribution in [1.29, 1.82) is 0 Å². The Kier molecular flexibility index (Phi) is 5.87. The van der Waals surface area contributed by atoms with Crippen molar-refractivity contribution in [2.45, 2.75) is 20.0 Å². The van der Waals surface area contributed by atoms with Gasteiger partial charge in [0, 0.05) is 35.2 Å². The number of anilines is 2. The van der Waals surface area contributed by atoms with Gasteiger partial charge in [-0.05, 0) is 83.8 Å². The van der Waals surface area contributed by atoms with Crippen LogP contribution in [-0.4, -0.2) is 17.9 Å². The minimum absolute atomic E-state index is 0.911. The average molecular weight is 578 g/mol. The van der Waals surface area contributed by atoms with E-state index in [0.717, 1.165) is 50.7 Å². The number of aromatic nitrogens is 1. The number of nitrogens with zero attached hydrogens (tertiary/aromatic N) is 4. The van der Waals surface area contributed by atoms with Gasteiger partial charge < -0.3 is 9.80 Å². The summed E-state index contributed by atoms with van der Waals surface area (Å²) in [6.07, 6.45) is 6.18. The molecule has 2 aliphatic heterocycles. The first kappa shape index (κ1) is 23.4. The Morgan fingerprint density at radius 2 is 1.55 bits per heavy atom. The lowest BCUT2D eigenvalue weighted by Gasteiger charge is -2.44. The molecule has 2 aliphatic rings. The quantitative estimate of drug-likeness (QED) is 0.201. The Bertz CT molecular complexity index is 1740. The Labute approximate surface area is 234 Å². The summed E-state index contributed by atoms with van der Waals surface area (Å²) in [6.45, 7) is 4.88. The number of fused-ring (bicyclic) bond motifs is 7. The summed E-state index contributed by atoms with van der Waals surface area (Å²) < 4.78 is 2.28. The van der Waals surface area contributed by atoms with Crippen LogP contribution in [0.4, 0.5) is 17.1 Å². The van der Waals surface area contributed by atoms with Crippen molar-refractivity contribution in [3.05, 3.63) is 116 Å². The van der Waals surface area contributed by atoms with Crippen LogP contribution in [0.15, 0.2) is 88.3 Å². The molecule has 4 aromatic carbocycles. The van der Waals surface area contributed by atoms with E-state index < -0.39 is 0 Å². The third-order valence-corrected chi connectivity index (χ3v) is 8.61. The van der Waals surface area contributed by atoms with Crippen LogP contribution in [0.25, 0.3) is 22.4 Å². The van der Waals surface area contributed by atoms with Crippen molar-refractivity contribution in [2.24, 2.45) is 4.99 Å². The molecular formula is C32H25BrN4S. The molecule has 0 N–H and O–H groups in total. The molecule has 3 heterocycles. The molecule has 7 rings (SSSR count). The second-order valence-electron chi connectivity index (χ2n) is 9.90. The maximum atomic E-state index is 4.81. The molecule has 0 saturated heterocycles. The van der Waals surface area contributed by atoms with E-state index in [1.807, 2.05) is 12.3 Å². The van der Waals surface area contributed by atoms with Gasteiger partial charge in [-0.3, -0.25) is 4.99 Å². The first-order valence-electron chi connectivity index (χ1n) is 12.7. The Morgan fingerprint density at radius 1 is 0.816 bits per heavy atom. The molecule has 38 heavy (non-hydrogen) atoms. The molecule has 5 aromatic rings. The predicted molar refractivity (Wildman–Crippen MR) is 165 cm³/mol. The number of rotatable bonds is 4. The minimum atomic E-state index is 0.911. The van der Waals surface area contributed by atoms with E-state index in [1.165, 1.54) is 33.6 Å². The molecular weight excluding hydrogens is 552 g/mol. The van der Waals surface area contributed by atoms with Crippen molar-refractivity contribution in [3.63, 3.8) is 0 Å². The standard InChI is InChI=1S/C32H25BrN4S/c1-21-2-4-22(5-3-21)7-13-32-35-28-10-9-27(16-31(28)38-32)34-17-23-6-11-29-24(14-23)18-36-20-37(29)19-25-15-26(33)8-12-30(25)36/h2-17H,18-20H2,1H3/b13-7+,34-17+. The SMILES string of the molecule is Cc1ccc(/C=C/c2nc3ccc(/N=C/c4ccc5c(c4)CN4CN5Cc5cc(Br)ccc54)cc3s2)cc1. The summed E-state index contributed by atoms with van der Waals surface area (Å²) in [7, 11) is 0. The van der Waals surface area contributed by atoms with Crippen LogP contribution in [0.1, 0.15) is 32.8 Å². The average Bonchev–Trinajstić information content (AvgIpc) is 3.33. The van der Waals surface area contributed by atoms with E-state index in [1.54, 1.807) is 11.3 Å². The van der Waals surface area contributed by atoms with Crippen LogP contribution < -0.4 is 9.80 Å². The zero-order valence-electron chi connectivity index (χ0n) is 20.9. The van der Waals surface area contributed by atoms with Crippen LogP contribution in [0.3, 0.4) is 0 Å². The van der Waals surface area contributed by atoms with Gasteiger partial charge in [0.2, 0.25) is 0 Å². The number of aryl methyl sites for hydroxylation is 1. The van der Waals surface area contributed by atoms with E-state index in [-0.39, 0.29) is 0 Å². The van der Waals surface area contributed by atoms with Crippen LogP contribution in [0, 0.1) is 6.92 Å². The molecule has 0 radical (unpaired) electrons. The van der Waals surface area contributed by atoms with E-state index in [0.29, 0.717) is 0 Å². The Morgan fingerprint density at radius 3 is 2.37 bits per heavy atom. The fraction of sp³-hybridized carbons (Fsp3) is 0.125. The maximum Gasteiger partial charge on any atom is 0.117 e. The highest BCUT2D eigenvalue weighted by molar-refractivity contribution is 9.10. The van der Waals surface area contributed by atoms with Gasteiger partial charge in [-0.15, -0.1) is 11.3 Å². The second kappa shape index (κ2) is 9.53. The van der Waals surface area contributed by atoms with Crippen LogP contribution >= 0.6 is 27.3 Å². The minimum Gasteiger partial charge on any atom is -0.349 e. The van der Waals surface area contributed by atoms with E-state index in [2.05, 4.69) is 118 Å². The van der Waals surface area contributed by atoms with Crippen LogP contribution in [-0.2, 0) is 13.1 Å². The predicted octanol–water partition coefficient (Wildman–Crippen LogP) is 8.59. The molecule has 4 nitrogen and oxygen atoms in total. The van der Waals surface area contributed by atoms with E-state index >= 15 is 0 Å². The lowest BCUT2D eigenvalue weighted by Crippen LogP contribution is -2.46. The van der Waals surface area contributed by atoms with Gasteiger partial charge in [0.25, 0.3) is 0 Å². The van der Waals surface area contributed by atoms with Crippen molar-refractivity contribution >= 4 is 72.9 Å². The molecule has 0 amide bonds. The van der Waals surface area contributed by atoms with Gasteiger partial charge in [0.05, 0.1) is 22.6 Å². The first-order chi connectivity index (χ1) is 18.6. The normalized spacial score (nSPS) is 14.5. The van der Waals surface area contributed by atoms with Crippen molar-refractivity contribution in [3.8, 4) is 0 Å². The van der Waals surface area contributed by atoms with Gasteiger partial charge in [-0.1, -0.05) is 57.9 Å². The molecule has 2 bridgehead atoms. The summed E-state index contributed by atoms with van der Waals surface area (Å²) in [6, 6.07) is 28.1. The van der Waals surface area contributed by atoms with Crippen LogP contribution in [0.2, 0.25) is 0 Å². The van der Waals surface area contributed by atoms with Crippen molar-refractivity contribution < 1.29 is 0 Å². The summed E-state index contributed by atoms with van der Waals surface area (Å²) in [5.74, 6) is 0. The highest BCUT2D eigenvalue weighted by Crippen LogP contribution is 2.39. The summed E-state index contributed by atoms with van der Waals surface area (Å²) in [5, 5.41) is 1.00. The van der Waals surface area contributed by atoms with Crippen LogP contribution in [0.5, 0.6) is 0 Å². The molecule has 6 heteroatoms. The number of benzene rings is 4. The van der Waals surface area contributed by atoms with Gasteiger partial charge in [-0.25, -0.2) is 4.98 Å². The van der Waals surface area contributed by atoms with Gasteiger partial charge in [0.1, 0.15) is 5.01 Å². The maximum absolute atomic E-state index is 4.81. The van der Waals surface area contributed by atoms with Crippen molar-refractivity contribution in [1.82, 2.24) is 4.98 Å². The molecule has 0 aliphatic carbocycles. The lowest BCUT2D eigenvalue weighted by molar-refractivity contribution is 0.650. The first-order valence-corrected chi connectivity index (χ1v) is 14.3. The number of hydrogen-bond acceptors (Lipinski definition) is 5. The largest absolute Gasteiger partial charge is 0.349 e. The lowest BCUT2D eigenvalue weighted by atomic mass is 10.0. The zero-order valence-corrected chi connectivity index (χ0v) is 23.3. The topological polar surface area (TPSA) is 31.7 Å². The fourth-order valence-corrected chi connectivity index (χ4v) is 6.54. The molecule has 0 saturated carbocycles. The fourth-order valence-electron chi connectivity index (χ4n) is 5.23. The summed E-state index contributed by atoms with van der Waals surface area (Å²) in [4.78, 5) is 14.5. The Hall–Kier alpha value is -3.74. The van der Waals surface area contributed by atoms with Gasteiger partial charge >= 0.3 is 0 Å². The van der Waals surface area contributed by atoms with E-state index in [9.17, 15) is 0 Å². The molecule has 0 unspecified atom stereocenters. The smallest absolute Gasteiger partial charge is 0.117 e. The molecule has 0 atom stereocenters. The third-order valence-electron chi connectivity index (χ3n) is 7.14. The second-order valence-corrected chi connectivity index (χ2v) is 11.9. The highest BCUT2D eigenvalue weighted by Gasteiger charge is 2.29. The third kappa shape index (κ3) is 4.55. The number of halogens is 1. The summed E-state index contributed by atoms with van der Waals surface area (Å²) in [5.41, 5.74) is 10.9. The van der Waals surface area contributed by atoms with Crippen molar-refractivity contribution in [2.75, 3.05) is 16.5 Å². The van der Waals surface area contributed by atoms with Gasteiger partial charge in [-0.2, -0.15) is 0 Å².